The van der Waals surface area contributed by atoms with Crippen LogP contribution < -0.4 is 0 Å². The number of nitrogens with zero attached hydrogens (tertiary/aromatic N) is 3. The van der Waals surface area contributed by atoms with E-state index < -0.39 is 0 Å². The van der Waals surface area contributed by atoms with Gasteiger partial charge in [0.1, 0.15) is 22.5 Å². The van der Waals surface area contributed by atoms with Gasteiger partial charge in [-0.3, -0.25) is 0 Å². The van der Waals surface area contributed by atoms with Crippen LogP contribution in [0, 0.1) is 0 Å². The molecule has 0 amide bonds. The first-order chi connectivity index (χ1) is 15.2. The lowest BCUT2D eigenvalue weighted by Crippen LogP contribution is -1.99. The van der Waals surface area contributed by atoms with E-state index in [4.69, 9.17) is 0 Å². The molecule has 31 heavy (non-hydrogen) atoms. The molecule has 0 aliphatic rings. The summed E-state index contributed by atoms with van der Waals surface area (Å²) in [6, 6.07) is 12.1. The van der Waals surface area contributed by atoms with Crippen LogP contribution in [-0.2, 0) is 12.8 Å². The minimum atomic E-state index is 0.249. The first-order valence-electron chi connectivity index (χ1n) is 12.4. The lowest BCUT2D eigenvalue weighted by molar-refractivity contribution is 0.466. The Morgan fingerprint density at radius 3 is 1.94 bits per heavy atom. The Labute approximate surface area is 187 Å². The Kier molecular flexibility index (Phi) is 9.39. The normalized spacial score (nSPS) is 11.4. The van der Waals surface area contributed by atoms with Crippen LogP contribution in [0.15, 0.2) is 36.4 Å². The van der Waals surface area contributed by atoms with Crippen molar-refractivity contribution in [3.63, 3.8) is 0 Å². The van der Waals surface area contributed by atoms with Gasteiger partial charge < -0.3 is 5.11 Å². The van der Waals surface area contributed by atoms with E-state index in [1.807, 2.05) is 18.2 Å². The molecule has 0 bridgehead atoms. The minimum absolute atomic E-state index is 0.249. The second kappa shape index (κ2) is 12.5. The van der Waals surface area contributed by atoms with E-state index in [1.54, 1.807) is 4.80 Å². The Morgan fingerprint density at radius 2 is 1.26 bits per heavy atom. The van der Waals surface area contributed by atoms with Crippen LogP contribution in [0.4, 0.5) is 0 Å². The number of aromatic hydroxyl groups is 1. The number of aryl methyl sites for hydroxylation is 2. The van der Waals surface area contributed by atoms with Gasteiger partial charge in [0.2, 0.25) is 0 Å². The van der Waals surface area contributed by atoms with Gasteiger partial charge in [0.05, 0.1) is 0 Å². The molecule has 168 valence electrons. The molecule has 1 heterocycles. The van der Waals surface area contributed by atoms with Crippen molar-refractivity contribution < 1.29 is 5.11 Å². The maximum atomic E-state index is 10.6. The molecule has 0 radical (unpaired) electrons. The highest BCUT2D eigenvalue weighted by Crippen LogP contribution is 2.25. The van der Waals surface area contributed by atoms with Gasteiger partial charge in [-0.25, -0.2) is 0 Å². The van der Waals surface area contributed by atoms with Crippen LogP contribution in [0.1, 0.15) is 95.6 Å². The van der Waals surface area contributed by atoms with E-state index in [0.717, 1.165) is 30.3 Å². The first-order valence-corrected chi connectivity index (χ1v) is 12.4. The lowest BCUT2D eigenvalue weighted by atomic mass is 10.0. The summed E-state index contributed by atoms with van der Waals surface area (Å²) in [6.07, 6.45) is 16.6. The number of phenols is 1. The van der Waals surface area contributed by atoms with Gasteiger partial charge in [-0.15, -0.1) is 15.0 Å². The fourth-order valence-corrected chi connectivity index (χ4v) is 4.22. The van der Waals surface area contributed by atoms with Crippen LogP contribution in [0.2, 0.25) is 0 Å². The summed E-state index contributed by atoms with van der Waals surface area (Å²) in [5, 5.41) is 19.7. The third kappa shape index (κ3) is 7.09. The zero-order valence-corrected chi connectivity index (χ0v) is 19.4. The van der Waals surface area contributed by atoms with Crippen molar-refractivity contribution in [3.05, 3.63) is 47.5 Å². The van der Waals surface area contributed by atoms with Crippen LogP contribution >= 0.6 is 0 Å². The number of hydrogen-bond donors (Lipinski definition) is 1. The Bertz CT molecular complexity index is 931. The largest absolute Gasteiger partial charge is 0.506 e. The molecule has 2 aromatic carbocycles. The number of benzene rings is 2. The fourth-order valence-electron chi connectivity index (χ4n) is 4.22. The topological polar surface area (TPSA) is 50.9 Å². The van der Waals surface area contributed by atoms with Crippen molar-refractivity contribution in [1.82, 2.24) is 15.0 Å². The number of fused-ring (bicyclic) bond motifs is 1. The summed E-state index contributed by atoms with van der Waals surface area (Å²) in [7, 11) is 0. The van der Waals surface area contributed by atoms with Gasteiger partial charge in [0.15, 0.2) is 0 Å². The molecule has 0 unspecified atom stereocenters. The molecule has 0 aliphatic heterocycles. The molecular formula is C27H39N3O. The maximum Gasteiger partial charge on any atom is 0.143 e. The lowest BCUT2D eigenvalue weighted by Gasteiger charge is -2.07. The highest BCUT2D eigenvalue weighted by Gasteiger charge is 2.10. The third-order valence-corrected chi connectivity index (χ3v) is 6.06. The predicted octanol–water partition coefficient (Wildman–Crippen LogP) is 7.54. The molecule has 3 rings (SSSR count). The van der Waals surface area contributed by atoms with Gasteiger partial charge in [0, 0.05) is 0 Å². The zero-order valence-electron chi connectivity index (χ0n) is 19.4. The van der Waals surface area contributed by atoms with Gasteiger partial charge in [-0.1, -0.05) is 90.2 Å². The smallest absolute Gasteiger partial charge is 0.143 e. The molecule has 0 saturated carbocycles. The van der Waals surface area contributed by atoms with Crippen molar-refractivity contribution in [1.29, 1.82) is 0 Å². The van der Waals surface area contributed by atoms with Gasteiger partial charge in [0.25, 0.3) is 0 Å². The number of phenolic OH excluding ortho intramolecular Hbond substituents is 1. The van der Waals surface area contributed by atoms with E-state index in [1.165, 1.54) is 75.3 Å². The quantitative estimate of drug-likeness (QED) is 0.273. The number of hydrogen-bond acceptors (Lipinski definition) is 3. The molecule has 0 spiro atoms. The van der Waals surface area contributed by atoms with Crippen molar-refractivity contribution in [2.24, 2.45) is 0 Å². The highest BCUT2D eigenvalue weighted by molar-refractivity contribution is 5.74. The van der Waals surface area contributed by atoms with Gasteiger partial charge in [-0.2, -0.15) is 0 Å². The van der Waals surface area contributed by atoms with E-state index in [2.05, 4.69) is 42.2 Å². The maximum absolute atomic E-state index is 10.6. The van der Waals surface area contributed by atoms with E-state index in [9.17, 15) is 5.11 Å². The second-order valence-electron chi connectivity index (χ2n) is 8.82. The summed E-state index contributed by atoms with van der Waals surface area (Å²) in [4.78, 5) is 1.56. The summed E-state index contributed by atoms with van der Waals surface area (Å²) in [5.74, 6) is 0.249. The van der Waals surface area contributed by atoms with Crippen molar-refractivity contribution in [2.75, 3.05) is 0 Å². The van der Waals surface area contributed by atoms with E-state index in [-0.39, 0.29) is 5.75 Å². The molecule has 0 saturated heterocycles. The Hall–Kier alpha value is -2.36. The molecule has 0 aliphatic carbocycles. The molecule has 3 aromatic rings. The Balaban J connectivity index is 1.46. The average Bonchev–Trinajstić information content (AvgIpc) is 3.18. The first kappa shape index (κ1) is 23.3. The van der Waals surface area contributed by atoms with E-state index in [0.29, 0.717) is 5.69 Å². The molecular weight excluding hydrogens is 382 g/mol. The monoisotopic (exact) mass is 421 g/mol. The van der Waals surface area contributed by atoms with Gasteiger partial charge >= 0.3 is 0 Å². The molecule has 4 heteroatoms. The van der Waals surface area contributed by atoms with Crippen LogP contribution in [-0.4, -0.2) is 20.1 Å². The van der Waals surface area contributed by atoms with Gasteiger partial charge in [-0.05, 0) is 54.7 Å². The van der Waals surface area contributed by atoms with Crippen molar-refractivity contribution in [2.45, 2.75) is 97.3 Å². The summed E-state index contributed by atoms with van der Waals surface area (Å²) in [5.41, 5.74) is 4.83. The van der Waals surface area contributed by atoms with Crippen molar-refractivity contribution >= 4 is 11.0 Å². The standard InChI is InChI=1S/C27H39N3O/c1-3-5-6-7-8-9-10-11-12-13-15-23-17-19-26(27(31)21-23)30-28-24-18-16-22(14-4-2)20-25(24)29-30/h16-21,31H,3-15H2,1-2H3. The summed E-state index contributed by atoms with van der Waals surface area (Å²) in [6.45, 7) is 4.45. The SMILES string of the molecule is CCCCCCCCCCCCc1ccc(-n2nc3ccc(CCC)cc3n2)c(O)c1. The summed E-state index contributed by atoms with van der Waals surface area (Å²) >= 11 is 0. The van der Waals surface area contributed by atoms with Crippen LogP contribution in [0.5, 0.6) is 5.75 Å². The average molecular weight is 422 g/mol. The fraction of sp³-hybridized carbons (Fsp3) is 0.556. The molecule has 1 N–H and O–H groups in total. The number of unbranched alkanes of at least 4 members (excludes halogenated alkanes) is 9. The molecule has 1 aromatic heterocycles. The van der Waals surface area contributed by atoms with Crippen LogP contribution in [0.3, 0.4) is 0 Å². The van der Waals surface area contributed by atoms with Crippen molar-refractivity contribution in [3.8, 4) is 11.4 Å². The molecule has 0 atom stereocenters. The summed E-state index contributed by atoms with van der Waals surface area (Å²) < 4.78 is 0. The van der Waals surface area contributed by atoms with E-state index >= 15 is 0 Å². The van der Waals surface area contributed by atoms with Crippen LogP contribution in [0.25, 0.3) is 16.7 Å². The number of rotatable bonds is 14. The minimum Gasteiger partial charge on any atom is -0.506 e. The number of aromatic nitrogens is 3. The zero-order chi connectivity index (χ0) is 21.9. The predicted molar refractivity (Wildman–Crippen MR) is 130 cm³/mol. The third-order valence-electron chi connectivity index (χ3n) is 6.06. The molecule has 4 nitrogen and oxygen atoms in total. The highest BCUT2D eigenvalue weighted by atomic mass is 16.3. The Morgan fingerprint density at radius 1 is 0.645 bits per heavy atom. The second-order valence-corrected chi connectivity index (χ2v) is 8.82. The molecule has 0 fully saturated rings.